The zero-order valence-corrected chi connectivity index (χ0v) is 12.4. The Bertz CT molecular complexity index is 501. The highest BCUT2D eigenvalue weighted by Crippen LogP contribution is 2.29. The van der Waals surface area contributed by atoms with E-state index in [1.54, 1.807) is 14.2 Å². The molecular weight excluding hydrogens is 248 g/mol. The standard InChI is InChI=1S/C18H22O2/c1-4-17(14-8-6-5-7-9-14)15-10-12-16(13-11-15)18(19-2)20-3/h5-13,17-18H,4H2,1-3H3. The first-order valence-corrected chi connectivity index (χ1v) is 7.00. The smallest absolute Gasteiger partial charge is 0.183 e. The van der Waals surface area contributed by atoms with Crippen molar-refractivity contribution in [3.63, 3.8) is 0 Å². The molecule has 0 aromatic heterocycles. The number of hydrogen-bond acceptors (Lipinski definition) is 2. The van der Waals surface area contributed by atoms with Crippen LogP contribution in [0.25, 0.3) is 0 Å². The summed E-state index contributed by atoms with van der Waals surface area (Å²) in [7, 11) is 3.31. The van der Waals surface area contributed by atoms with Crippen molar-refractivity contribution in [2.45, 2.75) is 25.6 Å². The normalized spacial score (nSPS) is 12.6. The molecule has 2 rings (SSSR count). The third-order valence-electron chi connectivity index (χ3n) is 3.65. The summed E-state index contributed by atoms with van der Waals surface area (Å²) < 4.78 is 10.5. The molecular formula is C18H22O2. The van der Waals surface area contributed by atoms with Crippen molar-refractivity contribution in [2.75, 3.05) is 14.2 Å². The minimum atomic E-state index is -0.291. The fourth-order valence-electron chi connectivity index (χ4n) is 2.60. The summed E-state index contributed by atoms with van der Waals surface area (Å²) in [5.74, 6) is 0.439. The molecule has 1 unspecified atom stereocenters. The van der Waals surface area contributed by atoms with Gasteiger partial charge in [-0.2, -0.15) is 0 Å². The summed E-state index contributed by atoms with van der Waals surface area (Å²) in [4.78, 5) is 0. The van der Waals surface area contributed by atoms with Gasteiger partial charge in [0.05, 0.1) is 0 Å². The molecule has 0 amide bonds. The molecule has 2 aromatic rings. The summed E-state index contributed by atoms with van der Waals surface area (Å²) in [6.45, 7) is 2.22. The molecule has 0 aliphatic rings. The van der Waals surface area contributed by atoms with E-state index in [-0.39, 0.29) is 6.29 Å². The summed E-state index contributed by atoms with van der Waals surface area (Å²) in [5.41, 5.74) is 3.73. The summed E-state index contributed by atoms with van der Waals surface area (Å²) in [6.07, 6.45) is 0.794. The Balaban J connectivity index is 2.24. The van der Waals surface area contributed by atoms with Crippen LogP contribution in [0.5, 0.6) is 0 Å². The van der Waals surface area contributed by atoms with Gasteiger partial charge in [0, 0.05) is 25.7 Å². The van der Waals surface area contributed by atoms with Crippen LogP contribution in [0.1, 0.15) is 42.2 Å². The molecule has 0 fully saturated rings. The summed E-state index contributed by atoms with van der Waals surface area (Å²) in [5, 5.41) is 0. The molecule has 2 aromatic carbocycles. The highest BCUT2D eigenvalue weighted by Gasteiger charge is 2.13. The number of ether oxygens (including phenoxy) is 2. The molecule has 0 N–H and O–H groups in total. The highest BCUT2D eigenvalue weighted by molar-refractivity contribution is 5.34. The van der Waals surface area contributed by atoms with Crippen molar-refractivity contribution >= 4 is 0 Å². The quantitative estimate of drug-likeness (QED) is 0.718. The van der Waals surface area contributed by atoms with E-state index in [1.165, 1.54) is 11.1 Å². The lowest BCUT2D eigenvalue weighted by Crippen LogP contribution is -2.05. The lowest BCUT2D eigenvalue weighted by molar-refractivity contribution is -0.106. The van der Waals surface area contributed by atoms with Crippen LogP contribution in [0.2, 0.25) is 0 Å². The molecule has 106 valence electrons. The van der Waals surface area contributed by atoms with Crippen LogP contribution >= 0.6 is 0 Å². The van der Waals surface area contributed by atoms with Gasteiger partial charge < -0.3 is 9.47 Å². The minimum absolute atomic E-state index is 0.291. The lowest BCUT2D eigenvalue weighted by atomic mass is 9.89. The average Bonchev–Trinajstić information content (AvgIpc) is 2.52. The molecule has 0 aliphatic carbocycles. The van der Waals surface area contributed by atoms with Gasteiger partial charge in [0.2, 0.25) is 0 Å². The van der Waals surface area contributed by atoms with E-state index in [9.17, 15) is 0 Å². The average molecular weight is 270 g/mol. The van der Waals surface area contributed by atoms with Crippen molar-refractivity contribution in [1.82, 2.24) is 0 Å². The van der Waals surface area contributed by atoms with E-state index >= 15 is 0 Å². The Morgan fingerprint density at radius 3 is 1.75 bits per heavy atom. The molecule has 0 radical (unpaired) electrons. The van der Waals surface area contributed by atoms with Crippen LogP contribution in [0.3, 0.4) is 0 Å². The second-order valence-corrected chi connectivity index (χ2v) is 4.84. The van der Waals surface area contributed by atoms with Crippen LogP contribution in [0, 0.1) is 0 Å². The first-order chi connectivity index (χ1) is 9.80. The maximum atomic E-state index is 5.27. The van der Waals surface area contributed by atoms with Gasteiger partial charge in [-0.1, -0.05) is 61.5 Å². The molecule has 1 atom stereocenters. The van der Waals surface area contributed by atoms with Gasteiger partial charge in [-0.05, 0) is 17.5 Å². The molecule has 0 spiro atoms. The maximum absolute atomic E-state index is 5.27. The third-order valence-corrected chi connectivity index (χ3v) is 3.65. The van der Waals surface area contributed by atoms with E-state index in [0.717, 1.165) is 12.0 Å². The number of hydrogen-bond donors (Lipinski definition) is 0. The van der Waals surface area contributed by atoms with Crippen molar-refractivity contribution in [3.8, 4) is 0 Å². The Hall–Kier alpha value is -1.64. The highest BCUT2D eigenvalue weighted by atomic mass is 16.7. The van der Waals surface area contributed by atoms with Gasteiger partial charge in [0.25, 0.3) is 0 Å². The van der Waals surface area contributed by atoms with Crippen LogP contribution in [-0.2, 0) is 9.47 Å². The SMILES string of the molecule is CCC(c1ccccc1)c1ccc(C(OC)OC)cc1. The Morgan fingerprint density at radius 2 is 1.25 bits per heavy atom. The van der Waals surface area contributed by atoms with Crippen LogP contribution in [0.15, 0.2) is 54.6 Å². The lowest BCUT2D eigenvalue weighted by Gasteiger charge is -2.18. The zero-order chi connectivity index (χ0) is 14.4. The fourth-order valence-corrected chi connectivity index (χ4v) is 2.60. The first kappa shape index (κ1) is 14.8. The monoisotopic (exact) mass is 270 g/mol. The minimum Gasteiger partial charge on any atom is -0.352 e. The third kappa shape index (κ3) is 3.27. The Morgan fingerprint density at radius 1 is 0.750 bits per heavy atom. The molecule has 2 nitrogen and oxygen atoms in total. The van der Waals surface area contributed by atoms with E-state index in [0.29, 0.717) is 5.92 Å². The second kappa shape index (κ2) is 7.22. The maximum Gasteiger partial charge on any atom is 0.183 e. The molecule has 2 heteroatoms. The predicted molar refractivity (Wildman–Crippen MR) is 81.8 cm³/mol. The largest absolute Gasteiger partial charge is 0.352 e. The molecule has 0 saturated heterocycles. The van der Waals surface area contributed by atoms with Crippen molar-refractivity contribution < 1.29 is 9.47 Å². The number of rotatable bonds is 6. The van der Waals surface area contributed by atoms with E-state index in [2.05, 4.69) is 61.5 Å². The van der Waals surface area contributed by atoms with Crippen LogP contribution in [0.4, 0.5) is 0 Å². The topological polar surface area (TPSA) is 18.5 Å². The van der Waals surface area contributed by atoms with E-state index in [1.807, 2.05) is 0 Å². The Labute approximate surface area is 121 Å². The zero-order valence-electron chi connectivity index (χ0n) is 12.4. The van der Waals surface area contributed by atoms with Crippen LogP contribution in [-0.4, -0.2) is 14.2 Å². The summed E-state index contributed by atoms with van der Waals surface area (Å²) in [6, 6.07) is 19.1. The van der Waals surface area contributed by atoms with Gasteiger partial charge >= 0.3 is 0 Å². The number of benzene rings is 2. The van der Waals surface area contributed by atoms with Crippen molar-refractivity contribution in [2.24, 2.45) is 0 Å². The Kier molecular flexibility index (Phi) is 5.33. The van der Waals surface area contributed by atoms with E-state index in [4.69, 9.17) is 9.47 Å². The molecule has 0 heterocycles. The molecule has 20 heavy (non-hydrogen) atoms. The fraction of sp³-hybridized carbons (Fsp3) is 0.333. The van der Waals surface area contributed by atoms with E-state index < -0.39 is 0 Å². The van der Waals surface area contributed by atoms with Crippen molar-refractivity contribution in [3.05, 3.63) is 71.3 Å². The molecule has 0 aliphatic heterocycles. The van der Waals surface area contributed by atoms with Gasteiger partial charge in [-0.15, -0.1) is 0 Å². The van der Waals surface area contributed by atoms with Crippen LogP contribution < -0.4 is 0 Å². The van der Waals surface area contributed by atoms with Gasteiger partial charge in [0.15, 0.2) is 6.29 Å². The molecule has 0 bridgehead atoms. The summed E-state index contributed by atoms with van der Waals surface area (Å²) >= 11 is 0. The molecule has 0 saturated carbocycles. The second-order valence-electron chi connectivity index (χ2n) is 4.84. The first-order valence-electron chi connectivity index (χ1n) is 7.00. The number of methoxy groups -OCH3 is 2. The van der Waals surface area contributed by atoms with Gasteiger partial charge in [-0.3, -0.25) is 0 Å². The predicted octanol–water partition coefficient (Wildman–Crippen LogP) is 4.52. The van der Waals surface area contributed by atoms with Gasteiger partial charge in [0.1, 0.15) is 0 Å². The van der Waals surface area contributed by atoms with Crippen molar-refractivity contribution in [1.29, 1.82) is 0 Å². The van der Waals surface area contributed by atoms with Gasteiger partial charge in [-0.25, -0.2) is 0 Å².